The average molecular weight is 421 g/mol. The molecule has 2 heterocycles. The van der Waals surface area contributed by atoms with Crippen molar-refractivity contribution in [2.24, 2.45) is 5.41 Å². The van der Waals surface area contributed by atoms with Crippen LogP contribution in [0, 0.1) is 16.7 Å². The Morgan fingerprint density at radius 1 is 1.13 bits per heavy atom. The van der Waals surface area contributed by atoms with Crippen LogP contribution >= 0.6 is 0 Å². The lowest BCUT2D eigenvalue weighted by molar-refractivity contribution is -0.0605. The Hall–Kier alpha value is -3.08. The molecule has 4 rings (SSSR count). The number of methoxy groups -OCH3 is 2. The molecule has 31 heavy (non-hydrogen) atoms. The van der Waals surface area contributed by atoms with Gasteiger partial charge in [0.15, 0.2) is 11.5 Å². The molecule has 0 bridgehead atoms. The van der Waals surface area contributed by atoms with Gasteiger partial charge in [-0.25, -0.2) is 0 Å². The van der Waals surface area contributed by atoms with Gasteiger partial charge in [-0.1, -0.05) is 12.1 Å². The lowest BCUT2D eigenvalue weighted by Crippen LogP contribution is -2.62. The summed E-state index contributed by atoms with van der Waals surface area (Å²) in [5.74, 6) is 1.12. The monoisotopic (exact) mass is 421 g/mol. The van der Waals surface area contributed by atoms with E-state index in [-0.39, 0.29) is 11.3 Å². The predicted octanol–water partition coefficient (Wildman–Crippen LogP) is 2.55. The van der Waals surface area contributed by atoms with E-state index in [0.29, 0.717) is 48.9 Å². The number of hydrogen-bond acceptors (Lipinski definition) is 6. The number of hydrogen-bond donors (Lipinski definition) is 0. The maximum Gasteiger partial charge on any atom is 0.254 e. The number of nitrogens with zero attached hydrogens (tertiary/aromatic N) is 3. The van der Waals surface area contributed by atoms with Crippen molar-refractivity contribution in [1.82, 2.24) is 9.80 Å². The van der Waals surface area contributed by atoms with Gasteiger partial charge in [-0.2, -0.15) is 5.26 Å². The zero-order valence-electron chi connectivity index (χ0n) is 18.0. The molecule has 0 radical (unpaired) electrons. The predicted molar refractivity (Wildman–Crippen MR) is 115 cm³/mol. The van der Waals surface area contributed by atoms with Gasteiger partial charge in [0.1, 0.15) is 0 Å². The van der Waals surface area contributed by atoms with Crippen molar-refractivity contribution in [3.05, 3.63) is 59.2 Å². The minimum Gasteiger partial charge on any atom is -0.493 e. The fraction of sp³-hybridized carbons (Fsp3) is 0.417. The Balaban J connectivity index is 1.43. The second-order valence-corrected chi connectivity index (χ2v) is 8.31. The Kier molecular flexibility index (Phi) is 6.12. The van der Waals surface area contributed by atoms with E-state index < -0.39 is 0 Å². The molecule has 1 spiro atoms. The van der Waals surface area contributed by atoms with Crippen LogP contribution in [0.4, 0.5) is 0 Å². The third-order valence-corrected chi connectivity index (χ3v) is 5.94. The molecule has 2 fully saturated rings. The van der Waals surface area contributed by atoms with Crippen molar-refractivity contribution in [2.75, 3.05) is 53.6 Å². The third kappa shape index (κ3) is 4.50. The lowest BCUT2D eigenvalue weighted by Gasteiger charge is -2.50. The van der Waals surface area contributed by atoms with Crippen molar-refractivity contribution in [3.8, 4) is 17.6 Å². The van der Waals surface area contributed by atoms with Crippen molar-refractivity contribution in [2.45, 2.75) is 6.54 Å². The van der Waals surface area contributed by atoms with Gasteiger partial charge >= 0.3 is 0 Å². The highest BCUT2D eigenvalue weighted by molar-refractivity contribution is 5.95. The number of carbonyl (C=O) groups is 1. The molecule has 2 aromatic carbocycles. The van der Waals surface area contributed by atoms with Crippen LogP contribution in [0.3, 0.4) is 0 Å². The summed E-state index contributed by atoms with van der Waals surface area (Å²) in [7, 11) is 3.14. The largest absolute Gasteiger partial charge is 0.493 e. The molecule has 0 aliphatic carbocycles. The molecule has 162 valence electrons. The van der Waals surface area contributed by atoms with Crippen LogP contribution < -0.4 is 9.47 Å². The number of rotatable bonds is 5. The van der Waals surface area contributed by atoms with E-state index in [0.717, 1.165) is 25.2 Å². The fourth-order valence-electron chi connectivity index (χ4n) is 4.52. The van der Waals surface area contributed by atoms with Crippen LogP contribution in [0.5, 0.6) is 11.5 Å². The summed E-state index contributed by atoms with van der Waals surface area (Å²) in [5, 5.41) is 9.10. The standard InChI is InChI=1S/C24H27N3O4/c1-29-21-7-6-20(11-22(21)30-2)23(28)27-8-9-31-17-24(16-27)14-26(15-24)13-19-5-3-4-18(10-19)12-25/h3-7,10-11H,8-9,13-17H2,1-2H3. The minimum absolute atomic E-state index is 0.0222. The highest BCUT2D eigenvalue weighted by Crippen LogP contribution is 2.35. The maximum atomic E-state index is 13.2. The molecule has 2 saturated heterocycles. The van der Waals surface area contributed by atoms with Gasteiger partial charge in [0.05, 0.1) is 39.1 Å². The topological polar surface area (TPSA) is 75.0 Å². The van der Waals surface area contributed by atoms with Crippen LogP contribution in [-0.2, 0) is 11.3 Å². The van der Waals surface area contributed by atoms with E-state index in [1.54, 1.807) is 32.4 Å². The normalized spacial score (nSPS) is 18.0. The number of ether oxygens (including phenoxy) is 3. The Labute approximate surface area is 182 Å². The number of benzene rings is 2. The highest BCUT2D eigenvalue weighted by Gasteiger charge is 2.46. The first kappa shape index (κ1) is 21.2. The van der Waals surface area contributed by atoms with Crippen molar-refractivity contribution < 1.29 is 19.0 Å². The van der Waals surface area contributed by atoms with Gasteiger partial charge in [0.25, 0.3) is 5.91 Å². The molecule has 1 amide bonds. The lowest BCUT2D eigenvalue weighted by atomic mass is 9.79. The molecule has 0 atom stereocenters. The van der Waals surface area contributed by atoms with Gasteiger partial charge in [-0.15, -0.1) is 0 Å². The average Bonchev–Trinajstić information content (AvgIpc) is 3.01. The van der Waals surface area contributed by atoms with E-state index in [9.17, 15) is 4.79 Å². The summed E-state index contributed by atoms with van der Waals surface area (Å²) in [4.78, 5) is 17.4. The Morgan fingerprint density at radius 2 is 1.94 bits per heavy atom. The first-order valence-electron chi connectivity index (χ1n) is 10.4. The number of amides is 1. The van der Waals surface area contributed by atoms with Crippen molar-refractivity contribution in [1.29, 1.82) is 5.26 Å². The number of likely N-dealkylation sites (tertiary alicyclic amines) is 1. The second-order valence-electron chi connectivity index (χ2n) is 8.31. The highest BCUT2D eigenvalue weighted by atomic mass is 16.5. The molecule has 2 aliphatic rings. The SMILES string of the molecule is COc1ccc(C(=O)N2CCOCC3(CN(Cc4cccc(C#N)c4)C3)C2)cc1OC. The number of carbonyl (C=O) groups excluding carboxylic acids is 1. The van der Waals surface area contributed by atoms with Gasteiger partial charge in [-0.3, -0.25) is 9.69 Å². The molecule has 0 aromatic heterocycles. The Morgan fingerprint density at radius 3 is 2.68 bits per heavy atom. The molecule has 7 heteroatoms. The summed E-state index contributed by atoms with van der Waals surface area (Å²) in [6.45, 7) is 4.93. The van der Waals surface area contributed by atoms with Crippen molar-refractivity contribution in [3.63, 3.8) is 0 Å². The maximum absolute atomic E-state index is 13.2. The van der Waals surface area contributed by atoms with Crippen LogP contribution in [0.25, 0.3) is 0 Å². The molecule has 2 aromatic rings. The first-order valence-corrected chi connectivity index (χ1v) is 10.4. The Bertz CT molecular complexity index is 995. The molecular weight excluding hydrogens is 394 g/mol. The number of nitriles is 1. The van der Waals surface area contributed by atoms with Crippen LogP contribution in [0.1, 0.15) is 21.5 Å². The van der Waals surface area contributed by atoms with Gasteiger partial charge in [0.2, 0.25) is 0 Å². The molecule has 7 nitrogen and oxygen atoms in total. The first-order chi connectivity index (χ1) is 15.1. The zero-order valence-corrected chi connectivity index (χ0v) is 18.0. The summed E-state index contributed by atoms with van der Waals surface area (Å²) < 4.78 is 16.5. The molecule has 0 unspecified atom stereocenters. The molecule has 2 aliphatic heterocycles. The van der Waals surface area contributed by atoms with E-state index in [1.165, 1.54) is 0 Å². The summed E-state index contributed by atoms with van der Waals surface area (Å²) >= 11 is 0. The van der Waals surface area contributed by atoms with E-state index in [2.05, 4.69) is 11.0 Å². The van der Waals surface area contributed by atoms with Crippen LogP contribution in [0.15, 0.2) is 42.5 Å². The van der Waals surface area contributed by atoms with Crippen molar-refractivity contribution >= 4 is 5.91 Å². The van der Waals surface area contributed by atoms with Crippen LogP contribution in [0.2, 0.25) is 0 Å². The summed E-state index contributed by atoms with van der Waals surface area (Å²) in [6, 6.07) is 15.2. The smallest absolute Gasteiger partial charge is 0.254 e. The third-order valence-electron chi connectivity index (χ3n) is 5.94. The van der Waals surface area contributed by atoms with Crippen LogP contribution in [-0.4, -0.2) is 69.3 Å². The minimum atomic E-state index is -0.0600. The van der Waals surface area contributed by atoms with E-state index >= 15 is 0 Å². The molecular formula is C24H27N3O4. The quantitative estimate of drug-likeness (QED) is 0.739. The summed E-state index contributed by atoms with van der Waals surface area (Å²) in [5.41, 5.74) is 2.33. The van der Waals surface area contributed by atoms with Gasteiger partial charge < -0.3 is 19.1 Å². The summed E-state index contributed by atoms with van der Waals surface area (Å²) in [6.07, 6.45) is 0. The van der Waals surface area contributed by atoms with Gasteiger partial charge in [-0.05, 0) is 35.9 Å². The zero-order chi connectivity index (χ0) is 21.8. The van der Waals surface area contributed by atoms with Gasteiger partial charge in [0, 0.05) is 43.7 Å². The molecule has 0 saturated carbocycles. The second kappa shape index (κ2) is 8.96. The van der Waals surface area contributed by atoms with E-state index in [1.807, 2.05) is 29.2 Å². The fourth-order valence-corrected chi connectivity index (χ4v) is 4.52. The van der Waals surface area contributed by atoms with E-state index in [4.69, 9.17) is 19.5 Å². The molecule has 0 N–H and O–H groups in total.